The van der Waals surface area contributed by atoms with Crippen LogP contribution >= 0.6 is 0 Å². The molecule has 0 radical (unpaired) electrons. The SMILES string of the molecule is O=S(=O)(O)c1c(F)c(F)c(Cc2ccc([S+](c3ccccc3)c3ccccc3)cc2)c(F)c1F. The lowest BCUT2D eigenvalue weighted by molar-refractivity contribution is 0.396. The van der Waals surface area contributed by atoms with Gasteiger partial charge in [0.2, 0.25) is 0 Å². The van der Waals surface area contributed by atoms with Crippen molar-refractivity contribution in [1.82, 2.24) is 0 Å². The first-order valence-corrected chi connectivity index (χ1v) is 12.6. The van der Waals surface area contributed by atoms with Gasteiger partial charge >= 0.3 is 10.1 Å². The molecule has 0 saturated carbocycles. The number of hydrogen-bond acceptors (Lipinski definition) is 2. The van der Waals surface area contributed by atoms with Crippen LogP contribution in [0.15, 0.2) is 105 Å². The van der Waals surface area contributed by atoms with Crippen LogP contribution in [-0.4, -0.2) is 13.0 Å². The lowest BCUT2D eigenvalue weighted by Gasteiger charge is -2.11. The van der Waals surface area contributed by atoms with Crippen molar-refractivity contribution in [3.8, 4) is 0 Å². The summed E-state index contributed by atoms with van der Waals surface area (Å²) in [4.78, 5) is 0.990. The number of hydrogen-bond donors (Lipinski definition) is 1. The van der Waals surface area contributed by atoms with Crippen LogP contribution in [0.3, 0.4) is 0 Å². The molecule has 0 amide bonds. The molecule has 0 bridgehead atoms. The van der Waals surface area contributed by atoms with Crippen molar-refractivity contribution in [1.29, 1.82) is 0 Å². The highest BCUT2D eigenvalue weighted by Gasteiger charge is 2.32. The van der Waals surface area contributed by atoms with E-state index in [9.17, 15) is 26.0 Å². The minimum atomic E-state index is -5.50. The van der Waals surface area contributed by atoms with E-state index in [-0.39, 0.29) is 0 Å². The Hall–Kier alpha value is -3.14. The minimum Gasteiger partial charge on any atom is -0.282 e. The van der Waals surface area contributed by atoms with E-state index >= 15 is 0 Å². The molecule has 9 heteroatoms. The van der Waals surface area contributed by atoms with Crippen molar-refractivity contribution in [3.63, 3.8) is 0 Å². The van der Waals surface area contributed by atoms with Crippen LogP contribution in [0.5, 0.6) is 0 Å². The average molecular weight is 506 g/mol. The van der Waals surface area contributed by atoms with Crippen molar-refractivity contribution in [3.05, 3.63) is 119 Å². The summed E-state index contributed by atoms with van der Waals surface area (Å²) in [6.45, 7) is 0. The van der Waals surface area contributed by atoms with Crippen molar-refractivity contribution < 1.29 is 30.5 Å². The fourth-order valence-electron chi connectivity index (χ4n) is 3.51. The summed E-state index contributed by atoms with van der Waals surface area (Å²) in [5, 5.41) is 0. The third-order valence-corrected chi connectivity index (χ3v) is 8.17. The summed E-state index contributed by atoms with van der Waals surface area (Å²) in [5.74, 6) is -8.07. The molecule has 0 atom stereocenters. The molecule has 0 aliphatic rings. The van der Waals surface area contributed by atoms with E-state index in [1.165, 1.54) is 0 Å². The highest BCUT2D eigenvalue weighted by atomic mass is 32.2. The van der Waals surface area contributed by atoms with Crippen LogP contribution < -0.4 is 0 Å². The Morgan fingerprint density at radius 2 is 1.03 bits per heavy atom. The molecule has 0 unspecified atom stereocenters. The van der Waals surface area contributed by atoms with Crippen LogP contribution in [0, 0.1) is 23.3 Å². The lowest BCUT2D eigenvalue weighted by Crippen LogP contribution is -2.13. The van der Waals surface area contributed by atoms with Crippen LogP contribution in [0.4, 0.5) is 17.6 Å². The molecule has 34 heavy (non-hydrogen) atoms. The molecule has 3 nitrogen and oxygen atoms in total. The second kappa shape index (κ2) is 9.61. The van der Waals surface area contributed by atoms with Gasteiger partial charge in [0, 0.05) is 12.0 Å². The summed E-state index contributed by atoms with van der Waals surface area (Å²) in [6, 6.07) is 26.2. The third kappa shape index (κ3) is 4.72. The predicted octanol–water partition coefficient (Wildman–Crippen LogP) is 6.18. The van der Waals surface area contributed by atoms with Crippen molar-refractivity contribution in [2.24, 2.45) is 0 Å². The fraction of sp³-hybridized carbons (Fsp3) is 0.0400. The first-order valence-electron chi connectivity index (χ1n) is 9.94. The van der Waals surface area contributed by atoms with Gasteiger partial charge in [-0.15, -0.1) is 0 Å². The van der Waals surface area contributed by atoms with Crippen molar-refractivity contribution >= 4 is 21.0 Å². The fourth-order valence-corrected chi connectivity index (χ4v) is 6.22. The summed E-state index contributed by atoms with van der Waals surface area (Å²) in [7, 11) is -5.96. The van der Waals surface area contributed by atoms with Gasteiger partial charge in [-0.2, -0.15) is 8.42 Å². The summed E-state index contributed by atoms with van der Waals surface area (Å²) in [5.41, 5.74) is -0.620. The smallest absolute Gasteiger partial charge is 0.282 e. The van der Waals surface area contributed by atoms with E-state index in [4.69, 9.17) is 4.55 Å². The Labute approximate surface area is 196 Å². The minimum absolute atomic E-state index is 0.352. The van der Waals surface area contributed by atoms with Gasteiger partial charge < -0.3 is 0 Å². The van der Waals surface area contributed by atoms with Gasteiger partial charge in [0.25, 0.3) is 0 Å². The van der Waals surface area contributed by atoms with Gasteiger partial charge in [-0.25, -0.2) is 17.6 Å². The van der Waals surface area contributed by atoms with Crippen LogP contribution in [0.25, 0.3) is 0 Å². The second-order valence-electron chi connectivity index (χ2n) is 7.29. The average Bonchev–Trinajstić information content (AvgIpc) is 2.82. The quantitative estimate of drug-likeness (QED) is 0.147. The van der Waals surface area contributed by atoms with Crippen LogP contribution in [0.1, 0.15) is 11.1 Å². The Kier molecular flexibility index (Phi) is 6.79. The molecule has 0 aliphatic carbocycles. The Morgan fingerprint density at radius 3 is 1.44 bits per heavy atom. The van der Waals surface area contributed by atoms with Crippen molar-refractivity contribution in [2.75, 3.05) is 0 Å². The first kappa shape index (κ1) is 24.0. The van der Waals surface area contributed by atoms with E-state index in [1.54, 1.807) is 24.3 Å². The lowest BCUT2D eigenvalue weighted by atomic mass is 10.0. The van der Waals surface area contributed by atoms with E-state index < -0.39 is 61.2 Å². The maximum Gasteiger partial charge on any atom is 0.300 e. The van der Waals surface area contributed by atoms with Gasteiger partial charge in [0.15, 0.2) is 42.9 Å². The molecular formula is C25H17F4O3S2+. The summed E-state index contributed by atoms with van der Waals surface area (Å²) < 4.78 is 88.2. The zero-order valence-corrected chi connectivity index (χ0v) is 19.0. The van der Waals surface area contributed by atoms with Gasteiger partial charge in [-0.05, 0) is 42.0 Å². The van der Waals surface area contributed by atoms with Gasteiger partial charge in [0.1, 0.15) is 0 Å². The Bertz CT molecular complexity index is 1360. The molecule has 0 aliphatic heterocycles. The largest absolute Gasteiger partial charge is 0.300 e. The second-order valence-corrected chi connectivity index (χ2v) is 10.7. The predicted molar refractivity (Wildman–Crippen MR) is 120 cm³/mol. The maximum absolute atomic E-state index is 14.4. The molecule has 0 saturated heterocycles. The highest BCUT2D eigenvalue weighted by Crippen LogP contribution is 2.32. The zero-order chi connectivity index (χ0) is 24.5. The van der Waals surface area contributed by atoms with E-state index in [1.807, 2.05) is 60.7 Å². The number of rotatable bonds is 6. The molecular weight excluding hydrogens is 488 g/mol. The van der Waals surface area contributed by atoms with Gasteiger partial charge in [-0.3, -0.25) is 4.55 Å². The molecule has 1 N–H and O–H groups in total. The van der Waals surface area contributed by atoms with E-state index in [0.29, 0.717) is 5.56 Å². The molecule has 0 spiro atoms. The summed E-state index contributed by atoms with van der Waals surface area (Å²) >= 11 is 0. The van der Waals surface area contributed by atoms with Gasteiger partial charge in [0.05, 0.1) is 10.9 Å². The van der Waals surface area contributed by atoms with Crippen molar-refractivity contribution in [2.45, 2.75) is 26.0 Å². The van der Waals surface area contributed by atoms with Crippen LogP contribution in [0.2, 0.25) is 0 Å². The van der Waals surface area contributed by atoms with Crippen LogP contribution in [-0.2, 0) is 27.4 Å². The molecule has 0 aromatic heterocycles. The molecule has 174 valence electrons. The number of halogens is 4. The Balaban J connectivity index is 1.71. The molecule has 0 fully saturated rings. The molecule has 4 rings (SSSR count). The standard InChI is InChI=1S/C25H16F4O3S2/c26-21-20(22(27)24(29)25(23(21)28)34(30,31)32)15-16-11-13-19(14-12-16)33(17-7-3-1-4-8-17)18-9-5-2-6-10-18/h1-14H,15H2/p+1. The summed E-state index contributed by atoms with van der Waals surface area (Å²) in [6.07, 6.45) is -0.526. The Morgan fingerprint density at radius 1 is 0.618 bits per heavy atom. The molecule has 4 aromatic carbocycles. The highest BCUT2D eigenvalue weighted by molar-refractivity contribution is 7.97. The van der Waals surface area contributed by atoms with E-state index in [2.05, 4.69) is 0 Å². The number of benzene rings is 4. The monoisotopic (exact) mass is 505 g/mol. The van der Waals surface area contributed by atoms with Gasteiger partial charge in [-0.1, -0.05) is 48.5 Å². The first-order chi connectivity index (χ1) is 16.2. The van der Waals surface area contributed by atoms with E-state index in [0.717, 1.165) is 14.7 Å². The zero-order valence-electron chi connectivity index (χ0n) is 17.4. The normalized spacial score (nSPS) is 11.7. The topological polar surface area (TPSA) is 54.4 Å². The maximum atomic E-state index is 14.4. The molecule has 0 heterocycles. The molecule has 4 aromatic rings. The third-order valence-electron chi connectivity index (χ3n) is 5.07.